The molecule has 2 aromatic carbocycles. The van der Waals surface area contributed by atoms with Crippen LogP contribution in [0.3, 0.4) is 0 Å². The Bertz CT molecular complexity index is 872. The van der Waals surface area contributed by atoms with Crippen LogP contribution in [-0.4, -0.2) is 7.05 Å². The van der Waals surface area contributed by atoms with Gasteiger partial charge < -0.3 is 5.32 Å². The van der Waals surface area contributed by atoms with Gasteiger partial charge in [0.2, 0.25) is 0 Å². The molecule has 0 radical (unpaired) electrons. The van der Waals surface area contributed by atoms with Gasteiger partial charge in [0, 0.05) is 12.6 Å². The molecule has 0 aromatic heterocycles. The molecule has 0 aliphatic heterocycles. The van der Waals surface area contributed by atoms with Gasteiger partial charge in [0.1, 0.15) is 5.67 Å². The van der Waals surface area contributed by atoms with E-state index < -0.39 is 5.67 Å². The maximum atomic E-state index is 15.0. The minimum Gasteiger partial charge on any atom is -0.381 e. The van der Waals surface area contributed by atoms with Crippen LogP contribution >= 0.6 is 0 Å². The van der Waals surface area contributed by atoms with Gasteiger partial charge in [-0.15, -0.1) is 6.42 Å². The molecule has 0 aliphatic rings. The molecule has 0 aliphatic carbocycles. The van der Waals surface area contributed by atoms with Crippen LogP contribution < -0.4 is 5.32 Å². The Morgan fingerprint density at radius 2 is 1.55 bits per heavy atom. The average Bonchev–Trinajstić information content (AvgIpc) is 2.76. The molecule has 31 heavy (non-hydrogen) atoms. The number of halogens is 1. The number of rotatable bonds is 5. The Hall–Kier alpha value is -2.79. The number of alkyl halides is 1. The van der Waals surface area contributed by atoms with Crippen molar-refractivity contribution < 1.29 is 4.39 Å². The summed E-state index contributed by atoms with van der Waals surface area (Å²) in [6.45, 7) is 19.3. The first-order valence-corrected chi connectivity index (χ1v) is 10.9. The zero-order valence-electron chi connectivity index (χ0n) is 20.9. The summed E-state index contributed by atoms with van der Waals surface area (Å²) in [5.41, 5.74) is 5.23. The number of hydrogen-bond acceptors (Lipinski definition) is 1. The van der Waals surface area contributed by atoms with E-state index in [2.05, 4.69) is 55.9 Å². The standard InChI is InChI=1S/C19H24FN.C8H10.C2H6/c1-8-16(18(9-2)21-7)15-11-10-14(5)17(12-15)19(6,20)13(3)4;1-7-3-5-8(2)6-4-7;1-2/h2,8,10-13,21H,1H2,3-7H3;3-6H,1-2H3;1-2H3/b18-16+;;. The van der Waals surface area contributed by atoms with Crippen LogP contribution in [0.1, 0.15) is 62.4 Å². The molecular weight excluding hydrogens is 381 g/mol. The molecule has 0 bridgehead atoms. The molecule has 1 nitrogen and oxygen atoms in total. The lowest BCUT2D eigenvalue weighted by Gasteiger charge is -2.27. The van der Waals surface area contributed by atoms with Crippen LogP contribution in [0.15, 0.2) is 60.8 Å². The molecule has 1 unspecified atom stereocenters. The van der Waals surface area contributed by atoms with Gasteiger partial charge in [-0.05, 0) is 56.4 Å². The van der Waals surface area contributed by atoms with Crippen LogP contribution in [0.5, 0.6) is 0 Å². The molecular formula is C29H40FN. The molecule has 0 spiro atoms. The third kappa shape index (κ3) is 8.10. The van der Waals surface area contributed by atoms with Gasteiger partial charge in [0.25, 0.3) is 0 Å². The van der Waals surface area contributed by atoms with Crippen LogP contribution in [0, 0.1) is 39.0 Å². The highest BCUT2D eigenvalue weighted by molar-refractivity contribution is 5.79. The largest absolute Gasteiger partial charge is 0.381 e. The van der Waals surface area contributed by atoms with Gasteiger partial charge in [-0.1, -0.05) is 93.8 Å². The smallest absolute Gasteiger partial charge is 0.135 e. The molecule has 0 saturated carbocycles. The number of hydrogen-bond donors (Lipinski definition) is 1. The van der Waals surface area contributed by atoms with E-state index in [1.165, 1.54) is 11.1 Å². The minimum absolute atomic E-state index is 0.112. The second-order valence-electron chi connectivity index (χ2n) is 7.80. The van der Waals surface area contributed by atoms with E-state index in [9.17, 15) is 0 Å². The molecule has 168 valence electrons. The Morgan fingerprint density at radius 3 is 1.90 bits per heavy atom. The molecule has 0 heterocycles. The molecule has 0 saturated heterocycles. The summed E-state index contributed by atoms with van der Waals surface area (Å²) < 4.78 is 15.0. The Morgan fingerprint density at radius 1 is 1.06 bits per heavy atom. The summed E-state index contributed by atoms with van der Waals surface area (Å²) in [5.74, 6) is 2.49. The summed E-state index contributed by atoms with van der Waals surface area (Å²) >= 11 is 0. The topological polar surface area (TPSA) is 12.0 Å². The second-order valence-corrected chi connectivity index (χ2v) is 7.80. The molecule has 1 N–H and O–H groups in total. The molecule has 2 aromatic rings. The van der Waals surface area contributed by atoms with E-state index >= 15 is 4.39 Å². The molecule has 1 atom stereocenters. The van der Waals surface area contributed by atoms with Crippen molar-refractivity contribution in [2.24, 2.45) is 5.92 Å². The zero-order valence-corrected chi connectivity index (χ0v) is 20.9. The fourth-order valence-corrected chi connectivity index (χ4v) is 2.91. The lowest BCUT2D eigenvalue weighted by atomic mass is 9.83. The number of nitrogens with one attached hydrogen (secondary N) is 1. The first kappa shape index (κ1) is 28.2. The van der Waals surface area contributed by atoms with Gasteiger partial charge >= 0.3 is 0 Å². The quantitative estimate of drug-likeness (QED) is 0.382. The Kier molecular flexibility index (Phi) is 12.3. The van der Waals surface area contributed by atoms with Crippen molar-refractivity contribution >= 4 is 5.57 Å². The van der Waals surface area contributed by atoms with Crippen LogP contribution in [0.25, 0.3) is 5.57 Å². The van der Waals surface area contributed by atoms with Crippen LogP contribution in [0.2, 0.25) is 0 Å². The highest BCUT2D eigenvalue weighted by Gasteiger charge is 2.31. The minimum atomic E-state index is -1.39. The normalized spacial score (nSPS) is 12.7. The fraction of sp³-hybridized carbons (Fsp3) is 0.379. The fourth-order valence-electron chi connectivity index (χ4n) is 2.91. The van der Waals surface area contributed by atoms with Gasteiger partial charge in [-0.2, -0.15) is 0 Å². The summed E-state index contributed by atoms with van der Waals surface area (Å²) in [6.07, 6.45) is 7.21. The van der Waals surface area contributed by atoms with E-state index in [1.54, 1.807) is 20.0 Å². The highest BCUT2D eigenvalue weighted by atomic mass is 19.1. The first-order valence-electron chi connectivity index (χ1n) is 10.9. The second kappa shape index (κ2) is 13.5. The summed E-state index contributed by atoms with van der Waals surface area (Å²) in [6, 6.07) is 14.2. The van der Waals surface area contributed by atoms with Crippen molar-refractivity contribution in [3.05, 3.63) is 88.6 Å². The Labute approximate surface area is 190 Å². The predicted octanol–water partition coefficient (Wildman–Crippen LogP) is 7.92. The maximum absolute atomic E-state index is 15.0. The number of terminal acetylenes is 1. The number of benzene rings is 2. The third-order valence-corrected chi connectivity index (χ3v) is 5.25. The lowest BCUT2D eigenvalue weighted by Crippen LogP contribution is -2.24. The summed E-state index contributed by atoms with van der Waals surface area (Å²) in [5, 5.41) is 2.98. The van der Waals surface area contributed by atoms with E-state index in [0.717, 1.165) is 16.7 Å². The van der Waals surface area contributed by atoms with Crippen molar-refractivity contribution in [3.8, 4) is 12.3 Å². The maximum Gasteiger partial charge on any atom is 0.135 e. The van der Waals surface area contributed by atoms with Crippen molar-refractivity contribution in [1.29, 1.82) is 0 Å². The summed E-state index contributed by atoms with van der Waals surface area (Å²) in [4.78, 5) is 0. The predicted molar refractivity (Wildman–Crippen MR) is 137 cm³/mol. The van der Waals surface area contributed by atoms with Gasteiger partial charge in [-0.3, -0.25) is 0 Å². The van der Waals surface area contributed by atoms with Crippen LogP contribution in [0.4, 0.5) is 4.39 Å². The first-order chi connectivity index (χ1) is 14.6. The highest BCUT2D eigenvalue weighted by Crippen LogP contribution is 2.37. The molecule has 2 rings (SSSR count). The monoisotopic (exact) mass is 421 g/mol. The molecule has 0 fully saturated rings. The SMILES string of the molecule is C#C/C(NC)=C(/C=C)c1ccc(C)c(C(C)(F)C(C)C)c1.CC.Cc1ccc(C)cc1. The van der Waals surface area contributed by atoms with Crippen LogP contribution in [-0.2, 0) is 5.67 Å². The summed E-state index contributed by atoms with van der Waals surface area (Å²) in [7, 11) is 1.77. The van der Waals surface area contributed by atoms with E-state index in [0.29, 0.717) is 11.3 Å². The zero-order chi connectivity index (χ0) is 24.2. The van der Waals surface area contributed by atoms with E-state index in [1.807, 2.05) is 52.8 Å². The van der Waals surface area contributed by atoms with Crippen molar-refractivity contribution in [2.45, 2.75) is 61.1 Å². The van der Waals surface area contributed by atoms with Gasteiger partial charge in [-0.25, -0.2) is 4.39 Å². The number of allylic oxidation sites excluding steroid dienone is 3. The van der Waals surface area contributed by atoms with Crippen molar-refractivity contribution in [3.63, 3.8) is 0 Å². The van der Waals surface area contributed by atoms with Gasteiger partial charge in [0.05, 0.1) is 5.70 Å². The van der Waals surface area contributed by atoms with Crippen molar-refractivity contribution in [1.82, 2.24) is 5.32 Å². The Balaban J connectivity index is 0.000000745. The van der Waals surface area contributed by atoms with E-state index in [-0.39, 0.29) is 5.92 Å². The molecule has 2 heteroatoms. The van der Waals surface area contributed by atoms with Gasteiger partial charge in [0.15, 0.2) is 0 Å². The third-order valence-electron chi connectivity index (χ3n) is 5.25. The lowest BCUT2D eigenvalue weighted by molar-refractivity contribution is 0.122. The average molecular weight is 422 g/mol. The molecule has 0 amide bonds. The van der Waals surface area contributed by atoms with Crippen molar-refractivity contribution in [2.75, 3.05) is 7.05 Å². The number of aryl methyl sites for hydroxylation is 3. The van der Waals surface area contributed by atoms with E-state index in [4.69, 9.17) is 6.42 Å².